The molecule has 0 aliphatic carbocycles. The van der Waals surface area contributed by atoms with E-state index in [9.17, 15) is 4.79 Å². The van der Waals surface area contributed by atoms with E-state index in [0.717, 1.165) is 12.2 Å². The van der Waals surface area contributed by atoms with E-state index in [4.69, 9.17) is 4.74 Å². The molecule has 1 aromatic heterocycles. The zero-order valence-electron chi connectivity index (χ0n) is 12.3. The van der Waals surface area contributed by atoms with E-state index in [-0.39, 0.29) is 12.0 Å². The zero-order chi connectivity index (χ0) is 14.8. The van der Waals surface area contributed by atoms with Crippen LogP contribution in [0.1, 0.15) is 23.0 Å². The van der Waals surface area contributed by atoms with Crippen LogP contribution in [0.15, 0.2) is 36.5 Å². The van der Waals surface area contributed by atoms with Crippen molar-refractivity contribution < 1.29 is 9.53 Å². The van der Waals surface area contributed by atoms with Crippen molar-refractivity contribution in [2.45, 2.75) is 19.4 Å². The van der Waals surface area contributed by atoms with Gasteiger partial charge in [0.15, 0.2) is 0 Å². The molecule has 1 fully saturated rings. The molecular formula is C16H19N3O2. The maximum atomic E-state index is 12.2. The normalized spacial score (nSPS) is 14.9. The van der Waals surface area contributed by atoms with Gasteiger partial charge in [0.1, 0.15) is 17.5 Å². The predicted octanol–water partition coefficient (Wildman–Crippen LogP) is 1.89. The van der Waals surface area contributed by atoms with E-state index in [1.165, 1.54) is 5.56 Å². The van der Waals surface area contributed by atoms with Crippen LogP contribution >= 0.6 is 0 Å². The topological polar surface area (TPSA) is 47.4 Å². The van der Waals surface area contributed by atoms with Crippen molar-refractivity contribution in [2.75, 3.05) is 13.1 Å². The van der Waals surface area contributed by atoms with Crippen molar-refractivity contribution >= 4 is 5.91 Å². The second kappa shape index (κ2) is 5.60. The first kappa shape index (κ1) is 13.7. The number of hydrogen-bond acceptors (Lipinski definition) is 3. The SMILES string of the molecule is CCc1ccccc1OC1CN(C(=O)c2ccn(C)n2)C1. The standard InChI is InChI=1S/C16H19N3O2/c1-3-12-6-4-5-7-15(12)21-13-10-19(11-13)16(20)14-8-9-18(2)17-14/h4-9,13H,3,10-11H2,1-2H3. The fourth-order valence-corrected chi connectivity index (χ4v) is 2.46. The van der Waals surface area contributed by atoms with Crippen LogP contribution in [0.25, 0.3) is 0 Å². The Balaban J connectivity index is 1.57. The van der Waals surface area contributed by atoms with Gasteiger partial charge in [-0.15, -0.1) is 0 Å². The molecule has 5 heteroatoms. The predicted molar refractivity (Wildman–Crippen MR) is 79.3 cm³/mol. The molecule has 0 unspecified atom stereocenters. The summed E-state index contributed by atoms with van der Waals surface area (Å²) in [5.41, 5.74) is 1.69. The van der Waals surface area contributed by atoms with Crippen molar-refractivity contribution in [3.63, 3.8) is 0 Å². The molecule has 1 aromatic carbocycles. The molecule has 1 saturated heterocycles. The van der Waals surface area contributed by atoms with E-state index < -0.39 is 0 Å². The Labute approximate surface area is 124 Å². The van der Waals surface area contributed by atoms with Crippen LogP contribution in [0.5, 0.6) is 5.75 Å². The first-order chi connectivity index (χ1) is 10.2. The number of ether oxygens (including phenoxy) is 1. The highest BCUT2D eigenvalue weighted by Crippen LogP contribution is 2.23. The first-order valence-electron chi connectivity index (χ1n) is 7.21. The molecule has 1 aliphatic heterocycles. The Morgan fingerprint density at radius 1 is 1.33 bits per heavy atom. The van der Waals surface area contributed by atoms with E-state index in [1.807, 2.05) is 18.2 Å². The molecular weight excluding hydrogens is 266 g/mol. The summed E-state index contributed by atoms with van der Waals surface area (Å²) in [6.07, 6.45) is 2.79. The number of rotatable bonds is 4. The number of para-hydroxylation sites is 1. The minimum atomic E-state index is -0.0285. The molecule has 3 rings (SSSR count). The molecule has 0 N–H and O–H groups in total. The summed E-state index contributed by atoms with van der Waals surface area (Å²) in [5, 5.41) is 4.13. The van der Waals surface area contributed by atoms with Gasteiger partial charge in [0.05, 0.1) is 13.1 Å². The lowest BCUT2D eigenvalue weighted by molar-refractivity contribution is 0.0169. The minimum absolute atomic E-state index is 0.0285. The van der Waals surface area contributed by atoms with Gasteiger partial charge in [0.2, 0.25) is 0 Å². The van der Waals surface area contributed by atoms with E-state index >= 15 is 0 Å². The van der Waals surface area contributed by atoms with Crippen molar-refractivity contribution in [2.24, 2.45) is 7.05 Å². The van der Waals surface area contributed by atoms with Crippen LogP contribution in [0.3, 0.4) is 0 Å². The molecule has 2 aromatic rings. The third-order valence-corrected chi connectivity index (χ3v) is 3.72. The summed E-state index contributed by atoms with van der Waals surface area (Å²) in [6, 6.07) is 9.79. The van der Waals surface area contributed by atoms with E-state index in [1.54, 1.807) is 28.9 Å². The van der Waals surface area contributed by atoms with Crippen LogP contribution in [0, 0.1) is 0 Å². The highest BCUT2D eigenvalue weighted by molar-refractivity contribution is 5.92. The third kappa shape index (κ3) is 2.77. The van der Waals surface area contributed by atoms with Crippen molar-refractivity contribution in [1.29, 1.82) is 0 Å². The van der Waals surface area contributed by atoms with Gasteiger partial charge in [0, 0.05) is 13.2 Å². The summed E-state index contributed by atoms with van der Waals surface area (Å²) >= 11 is 0. The Kier molecular flexibility index (Phi) is 3.64. The van der Waals surface area contributed by atoms with Crippen molar-refractivity contribution in [3.8, 4) is 5.75 Å². The average molecular weight is 285 g/mol. The van der Waals surface area contributed by atoms with Gasteiger partial charge in [-0.05, 0) is 24.1 Å². The number of likely N-dealkylation sites (tertiary alicyclic amines) is 1. The lowest BCUT2D eigenvalue weighted by Gasteiger charge is -2.38. The summed E-state index contributed by atoms with van der Waals surface area (Å²) in [7, 11) is 1.81. The van der Waals surface area contributed by atoms with Gasteiger partial charge in [-0.2, -0.15) is 5.10 Å². The Bertz CT molecular complexity index is 644. The summed E-state index contributed by atoms with van der Waals surface area (Å²) in [5.74, 6) is 0.897. The van der Waals surface area contributed by atoms with Crippen LogP contribution in [0.2, 0.25) is 0 Å². The Hall–Kier alpha value is -2.30. The highest BCUT2D eigenvalue weighted by atomic mass is 16.5. The molecule has 0 bridgehead atoms. The summed E-state index contributed by atoms with van der Waals surface area (Å²) < 4.78 is 7.61. The molecule has 0 atom stereocenters. The number of amides is 1. The van der Waals surface area contributed by atoms with Crippen LogP contribution < -0.4 is 4.74 Å². The zero-order valence-corrected chi connectivity index (χ0v) is 12.3. The Morgan fingerprint density at radius 3 is 2.76 bits per heavy atom. The van der Waals surface area contributed by atoms with Gasteiger partial charge < -0.3 is 9.64 Å². The van der Waals surface area contributed by atoms with E-state index in [0.29, 0.717) is 18.8 Å². The minimum Gasteiger partial charge on any atom is -0.486 e. The molecule has 5 nitrogen and oxygen atoms in total. The second-order valence-electron chi connectivity index (χ2n) is 5.29. The monoisotopic (exact) mass is 285 g/mol. The second-order valence-corrected chi connectivity index (χ2v) is 5.29. The van der Waals surface area contributed by atoms with Crippen LogP contribution in [-0.4, -0.2) is 39.8 Å². The molecule has 0 spiro atoms. The number of hydrogen-bond donors (Lipinski definition) is 0. The number of nitrogens with zero attached hydrogens (tertiary/aromatic N) is 3. The van der Waals surface area contributed by atoms with Crippen molar-refractivity contribution in [1.82, 2.24) is 14.7 Å². The number of carbonyl (C=O) groups excluding carboxylic acids is 1. The van der Waals surface area contributed by atoms with Crippen LogP contribution in [0.4, 0.5) is 0 Å². The van der Waals surface area contributed by atoms with Gasteiger partial charge in [-0.1, -0.05) is 25.1 Å². The fourth-order valence-electron chi connectivity index (χ4n) is 2.46. The van der Waals surface area contributed by atoms with Crippen LogP contribution in [-0.2, 0) is 13.5 Å². The number of carbonyl (C=O) groups is 1. The molecule has 110 valence electrons. The average Bonchev–Trinajstić information content (AvgIpc) is 2.89. The van der Waals surface area contributed by atoms with Gasteiger partial charge in [-0.25, -0.2) is 0 Å². The quantitative estimate of drug-likeness (QED) is 0.862. The number of aromatic nitrogens is 2. The molecule has 1 aliphatic rings. The van der Waals surface area contributed by atoms with E-state index in [2.05, 4.69) is 18.1 Å². The molecule has 21 heavy (non-hydrogen) atoms. The lowest BCUT2D eigenvalue weighted by Crippen LogP contribution is -2.56. The van der Waals surface area contributed by atoms with Gasteiger partial charge in [-0.3, -0.25) is 9.48 Å². The number of benzene rings is 1. The highest BCUT2D eigenvalue weighted by Gasteiger charge is 2.33. The summed E-state index contributed by atoms with van der Waals surface area (Å²) in [6.45, 7) is 3.35. The molecule has 1 amide bonds. The first-order valence-corrected chi connectivity index (χ1v) is 7.21. The molecule has 2 heterocycles. The molecule has 0 radical (unpaired) electrons. The Morgan fingerprint density at radius 2 is 2.10 bits per heavy atom. The maximum Gasteiger partial charge on any atom is 0.274 e. The maximum absolute atomic E-state index is 12.2. The molecule has 0 saturated carbocycles. The third-order valence-electron chi connectivity index (χ3n) is 3.72. The van der Waals surface area contributed by atoms with Gasteiger partial charge in [0.25, 0.3) is 5.91 Å². The number of aryl methyl sites for hydroxylation is 2. The van der Waals surface area contributed by atoms with Gasteiger partial charge >= 0.3 is 0 Å². The summed E-state index contributed by atoms with van der Waals surface area (Å²) in [4.78, 5) is 13.9. The smallest absolute Gasteiger partial charge is 0.274 e. The largest absolute Gasteiger partial charge is 0.486 e. The van der Waals surface area contributed by atoms with Crippen molar-refractivity contribution in [3.05, 3.63) is 47.8 Å². The lowest BCUT2D eigenvalue weighted by atomic mass is 10.1. The fraction of sp³-hybridized carbons (Fsp3) is 0.375.